The van der Waals surface area contributed by atoms with E-state index in [9.17, 15) is 35.1 Å². The van der Waals surface area contributed by atoms with Crippen molar-refractivity contribution in [3.8, 4) is 0 Å². The van der Waals surface area contributed by atoms with Gasteiger partial charge in [0.15, 0.2) is 12.4 Å². The van der Waals surface area contributed by atoms with Gasteiger partial charge in [-0.1, -0.05) is 6.92 Å². The highest BCUT2D eigenvalue weighted by Crippen LogP contribution is 2.30. The summed E-state index contributed by atoms with van der Waals surface area (Å²) in [7, 11) is 1.16. The number of methoxy groups -OCH3 is 1. The van der Waals surface area contributed by atoms with Gasteiger partial charge in [-0.05, 0) is 6.42 Å². The van der Waals surface area contributed by atoms with Crippen LogP contribution in [-0.2, 0) is 28.5 Å². The van der Waals surface area contributed by atoms with Crippen molar-refractivity contribution in [2.45, 2.75) is 81.4 Å². The largest absolute Gasteiger partial charge is 0.479 e. The topological polar surface area (TPSA) is 184 Å². The minimum atomic E-state index is -1.70. The highest BCUT2D eigenvalue weighted by atomic mass is 16.7. The normalized spacial score (nSPS) is 43.0. The number of carbonyl (C=O) groups is 2. The maximum Gasteiger partial charge on any atom is 0.335 e. The molecule has 2 rings (SSSR count). The first-order chi connectivity index (χ1) is 13.7. The van der Waals surface area contributed by atoms with Gasteiger partial charge in [-0.25, -0.2) is 4.79 Å². The smallest absolute Gasteiger partial charge is 0.335 e. The van der Waals surface area contributed by atoms with E-state index >= 15 is 0 Å². The number of hydrogen-bond donors (Lipinski definition) is 6. The molecular formula is C17H29NO11. The lowest BCUT2D eigenvalue weighted by molar-refractivity contribution is -0.328. The van der Waals surface area contributed by atoms with Crippen molar-refractivity contribution in [2.75, 3.05) is 13.7 Å². The average Bonchev–Trinajstić information content (AvgIpc) is 2.67. The molecule has 0 aliphatic carbocycles. The van der Waals surface area contributed by atoms with Crippen LogP contribution in [0.2, 0.25) is 0 Å². The number of hydrogen-bond acceptors (Lipinski definition) is 10. The molecule has 12 nitrogen and oxygen atoms in total. The lowest BCUT2D eigenvalue weighted by atomic mass is 9.90. The van der Waals surface area contributed by atoms with Gasteiger partial charge < -0.3 is 49.8 Å². The molecule has 4 unspecified atom stereocenters. The molecule has 0 spiro atoms. The standard InChI is InChI=1S/C17H29NO11/c1-4-7-9(18-6(2)20)13(10(21)8(5-19)27-7)28-17-12(23)11(22)14(26-3)15(29-17)16(24)25/h7-15,17,19,21-23H,4-5H2,1-3H3,(H,18,20)(H,24,25)/t7-,8?,9?,10-,11-,12?,13-,14+,15?,17-/m1/s1. The number of aliphatic carboxylic acids is 1. The molecule has 0 aromatic rings. The highest BCUT2D eigenvalue weighted by molar-refractivity contribution is 5.73. The number of rotatable bonds is 7. The third-order valence-electron chi connectivity index (χ3n) is 5.13. The van der Waals surface area contributed by atoms with E-state index in [1.165, 1.54) is 6.92 Å². The zero-order valence-electron chi connectivity index (χ0n) is 16.4. The maximum atomic E-state index is 11.6. The number of aliphatic hydroxyl groups excluding tert-OH is 4. The van der Waals surface area contributed by atoms with Gasteiger partial charge in [-0.3, -0.25) is 4.79 Å². The van der Waals surface area contributed by atoms with E-state index in [0.717, 1.165) is 7.11 Å². The zero-order chi connectivity index (χ0) is 21.9. The number of ether oxygens (including phenoxy) is 4. The van der Waals surface area contributed by atoms with Crippen molar-refractivity contribution in [1.82, 2.24) is 5.32 Å². The lowest BCUT2D eigenvalue weighted by Crippen LogP contribution is -2.67. The van der Waals surface area contributed by atoms with Crippen molar-refractivity contribution in [3.05, 3.63) is 0 Å². The molecular weight excluding hydrogens is 394 g/mol. The summed E-state index contributed by atoms with van der Waals surface area (Å²) < 4.78 is 21.5. The second-order valence-electron chi connectivity index (χ2n) is 7.07. The molecule has 2 aliphatic heterocycles. The number of carboxylic acids is 1. The first-order valence-electron chi connectivity index (χ1n) is 9.30. The van der Waals surface area contributed by atoms with Gasteiger partial charge in [0, 0.05) is 14.0 Å². The van der Waals surface area contributed by atoms with Crippen molar-refractivity contribution in [2.24, 2.45) is 0 Å². The molecule has 10 atom stereocenters. The van der Waals surface area contributed by atoms with Gasteiger partial charge in [-0.2, -0.15) is 0 Å². The first kappa shape index (κ1) is 23.9. The maximum absolute atomic E-state index is 11.6. The van der Waals surface area contributed by atoms with E-state index in [-0.39, 0.29) is 0 Å². The Bertz CT molecular complexity index is 576. The van der Waals surface area contributed by atoms with Gasteiger partial charge in [0.05, 0.1) is 18.8 Å². The van der Waals surface area contributed by atoms with Crippen molar-refractivity contribution in [1.29, 1.82) is 0 Å². The molecule has 0 bridgehead atoms. The molecule has 2 saturated heterocycles. The fourth-order valence-corrected chi connectivity index (χ4v) is 3.67. The zero-order valence-corrected chi connectivity index (χ0v) is 16.4. The Balaban J connectivity index is 2.30. The molecule has 1 amide bonds. The molecule has 0 radical (unpaired) electrons. The summed E-state index contributed by atoms with van der Waals surface area (Å²) in [6.07, 6.45) is -11.9. The third kappa shape index (κ3) is 5.03. The molecule has 0 aromatic heterocycles. The van der Waals surface area contributed by atoms with Crippen LogP contribution in [0, 0.1) is 0 Å². The van der Waals surface area contributed by atoms with E-state index in [1.807, 2.05) is 0 Å². The molecule has 12 heteroatoms. The Morgan fingerprint density at radius 2 is 1.69 bits per heavy atom. The van der Waals surface area contributed by atoms with Crippen LogP contribution in [-0.4, -0.2) is 112 Å². The predicted molar refractivity (Wildman–Crippen MR) is 93.6 cm³/mol. The Morgan fingerprint density at radius 3 is 2.17 bits per heavy atom. The van der Waals surface area contributed by atoms with Crippen LogP contribution in [0.25, 0.3) is 0 Å². The summed E-state index contributed by atoms with van der Waals surface area (Å²) in [5.41, 5.74) is 0. The number of nitrogens with one attached hydrogen (secondary N) is 1. The highest BCUT2D eigenvalue weighted by Gasteiger charge is 2.52. The van der Waals surface area contributed by atoms with E-state index in [2.05, 4.69) is 5.32 Å². The van der Waals surface area contributed by atoms with E-state index in [1.54, 1.807) is 6.92 Å². The van der Waals surface area contributed by atoms with Crippen LogP contribution in [0.15, 0.2) is 0 Å². The van der Waals surface area contributed by atoms with Crippen LogP contribution < -0.4 is 5.32 Å². The van der Waals surface area contributed by atoms with Crippen LogP contribution in [0.5, 0.6) is 0 Å². The fraction of sp³-hybridized carbons (Fsp3) is 0.882. The number of amides is 1. The lowest BCUT2D eigenvalue weighted by Gasteiger charge is -2.47. The Kier molecular flexibility index (Phi) is 8.31. The van der Waals surface area contributed by atoms with Crippen molar-refractivity contribution >= 4 is 11.9 Å². The van der Waals surface area contributed by atoms with Gasteiger partial charge in [0.2, 0.25) is 5.91 Å². The molecule has 2 heterocycles. The Morgan fingerprint density at radius 1 is 1.03 bits per heavy atom. The van der Waals surface area contributed by atoms with Gasteiger partial charge >= 0.3 is 5.97 Å². The second-order valence-corrected chi connectivity index (χ2v) is 7.07. The summed E-state index contributed by atoms with van der Waals surface area (Å²) >= 11 is 0. The Hall–Kier alpha value is -1.38. The molecule has 29 heavy (non-hydrogen) atoms. The summed E-state index contributed by atoms with van der Waals surface area (Å²) in [6.45, 7) is 2.49. The molecule has 0 saturated carbocycles. The summed E-state index contributed by atoms with van der Waals surface area (Å²) in [5, 5.41) is 52.6. The van der Waals surface area contributed by atoms with Gasteiger partial charge in [0.1, 0.15) is 36.6 Å². The first-order valence-corrected chi connectivity index (χ1v) is 9.30. The number of carbonyl (C=O) groups excluding carboxylic acids is 1. The van der Waals surface area contributed by atoms with Crippen molar-refractivity contribution < 1.29 is 54.1 Å². The predicted octanol–water partition coefficient (Wildman–Crippen LogP) is -3.05. The monoisotopic (exact) mass is 423 g/mol. The van der Waals surface area contributed by atoms with E-state index in [4.69, 9.17) is 18.9 Å². The number of aliphatic hydroxyl groups is 4. The fourth-order valence-electron chi connectivity index (χ4n) is 3.67. The van der Waals surface area contributed by atoms with Crippen LogP contribution >= 0.6 is 0 Å². The van der Waals surface area contributed by atoms with E-state index in [0.29, 0.717) is 6.42 Å². The van der Waals surface area contributed by atoms with Gasteiger partial charge in [0.25, 0.3) is 0 Å². The molecule has 168 valence electrons. The quantitative estimate of drug-likeness (QED) is 0.244. The minimum absolute atomic E-state index is 0.397. The van der Waals surface area contributed by atoms with Gasteiger partial charge in [-0.15, -0.1) is 0 Å². The minimum Gasteiger partial charge on any atom is -0.479 e. The summed E-state index contributed by atoms with van der Waals surface area (Å²) in [5.74, 6) is -1.88. The third-order valence-corrected chi connectivity index (χ3v) is 5.13. The summed E-state index contributed by atoms with van der Waals surface area (Å²) in [6, 6.07) is -0.883. The Labute approximate surface area is 167 Å². The SMILES string of the molecule is CC[C@H]1OC(CO)[C@@H](O)[C@H](O[C@@H]2OC(C(=O)O)[C@@H](OC)[C@H](O)C2O)C1NC(C)=O. The average molecular weight is 423 g/mol. The van der Waals surface area contributed by atoms with Crippen LogP contribution in [0.4, 0.5) is 0 Å². The second kappa shape index (κ2) is 10.1. The van der Waals surface area contributed by atoms with Crippen LogP contribution in [0.1, 0.15) is 20.3 Å². The number of carboxylic acid groups (broad SMARTS) is 1. The van der Waals surface area contributed by atoms with Crippen LogP contribution in [0.3, 0.4) is 0 Å². The molecule has 2 aliphatic rings. The molecule has 2 fully saturated rings. The van der Waals surface area contributed by atoms with Crippen molar-refractivity contribution in [3.63, 3.8) is 0 Å². The summed E-state index contributed by atoms with van der Waals surface area (Å²) in [4.78, 5) is 23.1. The molecule has 0 aromatic carbocycles. The molecule has 6 N–H and O–H groups in total. The van der Waals surface area contributed by atoms with E-state index < -0.39 is 79.6 Å².